The minimum absolute atomic E-state index is 0.222. The first kappa shape index (κ1) is 15.8. The number of alkyl halides is 1. The molecule has 0 heterocycles. The number of hydrogen-bond donors (Lipinski definition) is 0. The fourth-order valence-electron chi connectivity index (χ4n) is 5.82. The molecule has 4 saturated carbocycles. The predicted molar refractivity (Wildman–Crippen MR) is 85.1 cm³/mol. The van der Waals surface area contributed by atoms with Gasteiger partial charge in [-0.15, -0.1) is 0 Å². The summed E-state index contributed by atoms with van der Waals surface area (Å²) in [7, 11) is 1.67. The lowest BCUT2D eigenvalue weighted by molar-refractivity contribution is -0.263. The number of hydrogen-bond acceptors (Lipinski definition) is 3. The van der Waals surface area contributed by atoms with E-state index >= 15 is 0 Å². The van der Waals surface area contributed by atoms with Crippen LogP contribution in [0.2, 0.25) is 0 Å². The van der Waals surface area contributed by atoms with Crippen molar-refractivity contribution in [2.24, 2.45) is 29.1 Å². The van der Waals surface area contributed by atoms with Crippen LogP contribution >= 0.6 is 15.9 Å². The molecule has 2 atom stereocenters. The lowest BCUT2D eigenvalue weighted by Gasteiger charge is -2.61. The molecule has 4 fully saturated rings. The van der Waals surface area contributed by atoms with Crippen molar-refractivity contribution in [3.05, 3.63) is 0 Å². The van der Waals surface area contributed by atoms with E-state index in [4.69, 9.17) is 9.47 Å². The first-order valence-corrected chi connectivity index (χ1v) is 9.36. The van der Waals surface area contributed by atoms with Crippen molar-refractivity contribution in [2.75, 3.05) is 12.4 Å². The summed E-state index contributed by atoms with van der Waals surface area (Å²) in [5, 5.41) is 0.222. The monoisotopic (exact) mass is 358 g/mol. The molecule has 3 nitrogen and oxygen atoms in total. The summed E-state index contributed by atoms with van der Waals surface area (Å²) in [4.78, 5) is 11.8. The molecule has 120 valence electrons. The summed E-state index contributed by atoms with van der Waals surface area (Å²) in [5.41, 5.74) is 0.312. The molecule has 0 spiro atoms. The van der Waals surface area contributed by atoms with E-state index in [1.165, 1.54) is 38.5 Å². The van der Waals surface area contributed by atoms with Gasteiger partial charge in [0.25, 0.3) is 0 Å². The third kappa shape index (κ3) is 2.67. The second-order valence-electron chi connectivity index (χ2n) is 7.83. The first-order chi connectivity index (χ1) is 9.90. The van der Waals surface area contributed by atoms with Crippen molar-refractivity contribution in [3.63, 3.8) is 0 Å². The summed E-state index contributed by atoms with van der Waals surface area (Å²) in [6, 6.07) is 0. The fraction of sp³-hybridized carbons (Fsp3) is 0.941. The van der Waals surface area contributed by atoms with Gasteiger partial charge in [0.05, 0.1) is 0 Å². The summed E-state index contributed by atoms with van der Waals surface area (Å²) in [6.07, 6.45) is 8.17. The number of methoxy groups -OCH3 is 1. The molecule has 0 aromatic heterocycles. The van der Waals surface area contributed by atoms with E-state index in [9.17, 15) is 4.79 Å². The molecule has 4 aliphatic rings. The SMILES string of the molecule is COC(C)(OC(=O)CBr)C(C)C12CC3CC(CC(C3)C1)C2. The molecule has 0 N–H and O–H groups in total. The summed E-state index contributed by atoms with van der Waals surface area (Å²) in [5.74, 6) is 1.88. The van der Waals surface area contributed by atoms with Crippen LogP contribution in [0.1, 0.15) is 52.4 Å². The number of esters is 1. The van der Waals surface area contributed by atoms with E-state index in [1.807, 2.05) is 6.92 Å². The van der Waals surface area contributed by atoms with E-state index in [1.54, 1.807) is 7.11 Å². The van der Waals surface area contributed by atoms with Gasteiger partial charge in [-0.25, -0.2) is 0 Å². The number of ether oxygens (including phenoxy) is 2. The van der Waals surface area contributed by atoms with Gasteiger partial charge in [0, 0.05) is 20.0 Å². The minimum Gasteiger partial charge on any atom is -0.432 e. The molecule has 21 heavy (non-hydrogen) atoms. The highest BCUT2D eigenvalue weighted by molar-refractivity contribution is 9.09. The van der Waals surface area contributed by atoms with Crippen LogP contribution < -0.4 is 0 Å². The molecule has 4 heteroatoms. The maximum Gasteiger partial charge on any atom is 0.319 e. The van der Waals surface area contributed by atoms with Crippen molar-refractivity contribution < 1.29 is 14.3 Å². The van der Waals surface area contributed by atoms with E-state index < -0.39 is 5.79 Å². The quantitative estimate of drug-likeness (QED) is 0.420. The van der Waals surface area contributed by atoms with Crippen molar-refractivity contribution in [1.29, 1.82) is 0 Å². The molecule has 0 saturated heterocycles. The van der Waals surface area contributed by atoms with Crippen LogP contribution in [0.15, 0.2) is 0 Å². The molecule has 0 aromatic rings. The molecule has 0 radical (unpaired) electrons. The van der Waals surface area contributed by atoms with Gasteiger partial charge in [0.1, 0.15) is 5.33 Å². The van der Waals surface area contributed by atoms with Gasteiger partial charge in [0.15, 0.2) is 0 Å². The maximum absolute atomic E-state index is 11.8. The molecular weight excluding hydrogens is 332 g/mol. The van der Waals surface area contributed by atoms with Crippen molar-refractivity contribution in [1.82, 2.24) is 0 Å². The van der Waals surface area contributed by atoms with Gasteiger partial charge >= 0.3 is 5.97 Å². The number of halogens is 1. The van der Waals surface area contributed by atoms with Crippen molar-refractivity contribution in [2.45, 2.75) is 58.2 Å². The Morgan fingerprint density at radius 3 is 2.10 bits per heavy atom. The van der Waals surface area contributed by atoms with Gasteiger partial charge < -0.3 is 9.47 Å². The predicted octanol–water partition coefficient (Wildman–Crippen LogP) is 4.14. The summed E-state index contributed by atoms with van der Waals surface area (Å²) < 4.78 is 11.4. The Bertz CT molecular complexity index is 387. The number of carbonyl (C=O) groups is 1. The van der Waals surface area contributed by atoms with E-state index in [0.717, 1.165) is 17.8 Å². The van der Waals surface area contributed by atoms with Crippen LogP contribution in [0.25, 0.3) is 0 Å². The van der Waals surface area contributed by atoms with E-state index in [-0.39, 0.29) is 17.2 Å². The average molecular weight is 359 g/mol. The average Bonchev–Trinajstić information content (AvgIpc) is 2.44. The van der Waals surface area contributed by atoms with Gasteiger partial charge in [-0.1, -0.05) is 22.9 Å². The fourth-order valence-corrected chi connectivity index (χ4v) is 5.94. The maximum atomic E-state index is 11.8. The Morgan fingerprint density at radius 1 is 1.24 bits per heavy atom. The first-order valence-electron chi connectivity index (χ1n) is 8.24. The summed E-state index contributed by atoms with van der Waals surface area (Å²) in [6.45, 7) is 4.18. The molecule has 4 rings (SSSR count). The van der Waals surface area contributed by atoms with Crippen LogP contribution in [0.3, 0.4) is 0 Å². The zero-order valence-electron chi connectivity index (χ0n) is 13.4. The highest BCUT2D eigenvalue weighted by Crippen LogP contribution is 2.64. The van der Waals surface area contributed by atoms with Crippen molar-refractivity contribution >= 4 is 21.9 Å². The Morgan fingerprint density at radius 2 is 1.71 bits per heavy atom. The highest BCUT2D eigenvalue weighted by Gasteiger charge is 2.57. The molecule has 4 aliphatic carbocycles. The molecular formula is C17H27BrO3. The lowest BCUT2D eigenvalue weighted by atomic mass is 9.46. The second kappa shape index (κ2) is 5.52. The normalized spacial score (nSPS) is 41.6. The number of rotatable bonds is 5. The molecule has 0 amide bonds. The standard InChI is InChI=1S/C17H27BrO3/c1-11(16(2,20-3)21-15(19)10-18)17-7-12-4-13(8-17)6-14(5-12)9-17/h11-14H,4-10H2,1-3H3. The Labute approximate surface area is 136 Å². The molecule has 0 aromatic carbocycles. The molecule has 2 unspecified atom stereocenters. The zero-order chi connectivity index (χ0) is 15.3. The van der Waals surface area contributed by atoms with E-state index in [0.29, 0.717) is 5.41 Å². The summed E-state index contributed by atoms with van der Waals surface area (Å²) >= 11 is 3.18. The third-order valence-electron chi connectivity index (χ3n) is 6.62. The lowest BCUT2D eigenvalue weighted by Crippen LogP contribution is -2.56. The highest BCUT2D eigenvalue weighted by atomic mass is 79.9. The third-order valence-corrected chi connectivity index (χ3v) is 7.08. The van der Waals surface area contributed by atoms with Gasteiger partial charge in [0.2, 0.25) is 5.79 Å². The van der Waals surface area contributed by atoms with E-state index in [2.05, 4.69) is 22.9 Å². The molecule has 4 bridgehead atoms. The molecule has 0 aliphatic heterocycles. The van der Waals surface area contributed by atoms with Gasteiger partial charge in [-0.3, -0.25) is 4.79 Å². The minimum atomic E-state index is -0.809. The van der Waals surface area contributed by atoms with Crippen LogP contribution in [-0.2, 0) is 14.3 Å². The van der Waals surface area contributed by atoms with Gasteiger partial charge in [-0.2, -0.15) is 0 Å². The van der Waals surface area contributed by atoms with Crippen LogP contribution in [-0.4, -0.2) is 24.2 Å². The van der Waals surface area contributed by atoms with Crippen LogP contribution in [0, 0.1) is 29.1 Å². The largest absolute Gasteiger partial charge is 0.432 e. The Kier molecular flexibility index (Phi) is 4.15. The van der Waals surface area contributed by atoms with Crippen molar-refractivity contribution in [3.8, 4) is 0 Å². The van der Waals surface area contributed by atoms with Crippen LogP contribution in [0.4, 0.5) is 0 Å². The smallest absolute Gasteiger partial charge is 0.319 e. The zero-order valence-corrected chi connectivity index (χ0v) is 14.9. The topological polar surface area (TPSA) is 35.5 Å². The second-order valence-corrected chi connectivity index (χ2v) is 8.39. The Hall–Kier alpha value is -0.0900. The van der Waals surface area contributed by atoms with Crippen LogP contribution in [0.5, 0.6) is 0 Å². The number of carbonyl (C=O) groups excluding carboxylic acids is 1. The van der Waals surface area contributed by atoms with Gasteiger partial charge in [-0.05, 0) is 61.7 Å². The Balaban J connectivity index is 1.82.